The Labute approximate surface area is 173 Å². The molecule has 4 N–H and O–H groups in total. The Morgan fingerprint density at radius 2 is 1.79 bits per heavy atom. The fourth-order valence-electron chi connectivity index (χ4n) is 4.11. The van der Waals surface area contributed by atoms with Crippen molar-refractivity contribution in [1.82, 2.24) is 5.32 Å². The van der Waals surface area contributed by atoms with E-state index in [1.807, 2.05) is 20.8 Å². The van der Waals surface area contributed by atoms with Crippen LogP contribution in [0, 0.1) is 5.41 Å². The van der Waals surface area contributed by atoms with E-state index in [-0.39, 0.29) is 36.4 Å². The Balaban J connectivity index is 0.00000280. The van der Waals surface area contributed by atoms with E-state index in [0.717, 1.165) is 12.8 Å². The maximum atomic E-state index is 12.8. The zero-order valence-corrected chi connectivity index (χ0v) is 17.7. The summed E-state index contributed by atoms with van der Waals surface area (Å²) >= 11 is 0. The minimum atomic E-state index is -0.967. The van der Waals surface area contributed by atoms with Crippen molar-refractivity contribution >= 4 is 29.9 Å². The summed E-state index contributed by atoms with van der Waals surface area (Å²) in [5.74, 6) is -0.277. The average Bonchev–Trinajstić information content (AvgIpc) is 3.14. The van der Waals surface area contributed by atoms with Crippen LogP contribution in [0.3, 0.4) is 0 Å². The van der Waals surface area contributed by atoms with E-state index in [4.69, 9.17) is 10.5 Å². The van der Waals surface area contributed by atoms with E-state index in [2.05, 4.69) is 10.6 Å². The maximum Gasteiger partial charge on any atom is 0.251 e. The van der Waals surface area contributed by atoms with Crippen LogP contribution in [0.4, 0.5) is 5.69 Å². The number of halogens is 1. The number of ether oxygens (including phenoxy) is 1. The van der Waals surface area contributed by atoms with Crippen molar-refractivity contribution in [3.8, 4) is 0 Å². The van der Waals surface area contributed by atoms with Crippen LogP contribution in [0.2, 0.25) is 0 Å². The first kappa shape index (κ1) is 22.7. The van der Waals surface area contributed by atoms with Crippen molar-refractivity contribution in [2.24, 2.45) is 11.1 Å². The summed E-state index contributed by atoms with van der Waals surface area (Å²) in [7, 11) is 0. The summed E-state index contributed by atoms with van der Waals surface area (Å²) in [6, 6.07) is 7.25. The number of nitrogens with one attached hydrogen (secondary N) is 2. The van der Waals surface area contributed by atoms with Gasteiger partial charge in [-0.25, -0.2) is 0 Å². The molecule has 0 aliphatic heterocycles. The van der Waals surface area contributed by atoms with Gasteiger partial charge in [0.25, 0.3) is 5.91 Å². The Kier molecular flexibility index (Phi) is 7.12. The summed E-state index contributed by atoms with van der Waals surface area (Å²) in [6.45, 7) is 6.48. The summed E-state index contributed by atoms with van der Waals surface area (Å²) in [6.07, 6.45) is 4.95. The molecule has 1 aromatic rings. The van der Waals surface area contributed by atoms with Crippen LogP contribution >= 0.6 is 12.4 Å². The van der Waals surface area contributed by atoms with Crippen LogP contribution < -0.4 is 16.4 Å². The number of rotatable bonds is 6. The lowest BCUT2D eigenvalue weighted by Gasteiger charge is -2.57. The lowest BCUT2D eigenvalue weighted by molar-refractivity contribution is -0.166. The number of carbonyl (C=O) groups is 2. The molecule has 156 valence electrons. The van der Waals surface area contributed by atoms with Crippen molar-refractivity contribution in [1.29, 1.82) is 0 Å². The normalized spacial score (nSPS) is 26.1. The third-order valence-corrected chi connectivity index (χ3v) is 6.33. The summed E-state index contributed by atoms with van der Waals surface area (Å²) in [4.78, 5) is 25.1. The van der Waals surface area contributed by atoms with Gasteiger partial charge in [0.2, 0.25) is 5.91 Å². The van der Waals surface area contributed by atoms with E-state index >= 15 is 0 Å². The van der Waals surface area contributed by atoms with E-state index in [0.29, 0.717) is 24.3 Å². The molecule has 2 atom stereocenters. The lowest BCUT2D eigenvalue weighted by atomic mass is 9.54. The molecule has 2 amide bonds. The molecular weight excluding hydrogens is 378 g/mol. The number of anilines is 1. The first-order valence-corrected chi connectivity index (χ1v) is 9.91. The maximum absolute atomic E-state index is 12.8. The molecule has 2 fully saturated rings. The van der Waals surface area contributed by atoms with Crippen molar-refractivity contribution < 1.29 is 14.3 Å². The van der Waals surface area contributed by atoms with Crippen molar-refractivity contribution in [2.75, 3.05) is 11.9 Å². The number of hydrogen-bond acceptors (Lipinski definition) is 4. The van der Waals surface area contributed by atoms with Crippen LogP contribution in [-0.2, 0) is 9.53 Å². The van der Waals surface area contributed by atoms with Gasteiger partial charge in [0.15, 0.2) is 0 Å². The molecule has 0 saturated heterocycles. The molecule has 28 heavy (non-hydrogen) atoms. The Bertz CT molecular complexity index is 701. The minimum Gasteiger partial charge on any atom is -0.378 e. The second kappa shape index (κ2) is 8.80. The molecule has 6 nitrogen and oxygen atoms in total. The zero-order valence-electron chi connectivity index (χ0n) is 16.9. The highest BCUT2D eigenvalue weighted by Gasteiger charge is 2.62. The van der Waals surface area contributed by atoms with Gasteiger partial charge < -0.3 is 21.1 Å². The predicted molar refractivity (Wildman–Crippen MR) is 113 cm³/mol. The van der Waals surface area contributed by atoms with Gasteiger partial charge in [-0.3, -0.25) is 9.59 Å². The monoisotopic (exact) mass is 409 g/mol. The standard InChI is InChI=1S/C21H31N3O3.ClH/c1-4-27-17-13-21(22,20(17,2)3)19(26)24-16-11-9-14(10-12-16)18(25)23-15-7-5-6-8-15;/h9-12,15,17H,4-8,13,22H2,1-3H3,(H,23,25)(H,24,26);1H. The molecule has 0 spiro atoms. The quantitative estimate of drug-likeness (QED) is 0.672. The molecule has 1 aromatic carbocycles. The first-order valence-electron chi connectivity index (χ1n) is 9.91. The fourth-order valence-corrected chi connectivity index (χ4v) is 4.11. The smallest absolute Gasteiger partial charge is 0.251 e. The Morgan fingerprint density at radius 3 is 2.32 bits per heavy atom. The van der Waals surface area contributed by atoms with Crippen LogP contribution in [0.15, 0.2) is 24.3 Å². The Morgan fingerprint density at radius 1 is 1.18 bits per heavy atom. The Hall–Kier alpha value is -1.63. The van der Waals surface area contributed by atoms with Gasteiger partial charge in [-0.1, -0.05) is 26.7 Å². The molecule has 3 rings (SSSR count). The molecule has 7 heteroatoms. The number of benzene rings is 1. The van der Waals surface area contributed by atoms with Crippen LogP contribution in [0.1, 0.15) is 63.2 Å². The molecular formula is C21H32ClN3O3. The highest BCUT2D eigenvalue weighted by molar-refractivity contribution is 6.00. The molecule has 0 aromatic heterocycles. The largest absolute Gasteiger partial charge is 0.378 e. The number of nitrogens with two attached hydrogens (primary N) is 1. The van der Waals surface area contributed by atoms with Gasteiger partial charge >= 0.3 is 0 Å². The van der Waals surface area contributed by atoms with Crippen LogP contribution in [0.5, 0.6) is 0 Å². The molecule has 2 saturated carbocycles. The topological polar surface area (TPSA) is 93.4 Å². The van der Waals surface area contributed by atoms with E-state index in [9.17, 15) is 9.59 Å². The molecule has 0 bridgehead atoms. The van der Waals surface area contributed by atoms with Gasteiger partial charge in [0, 0.05) is 35.7 Å². The predicted octanol–water partition coefficient (Wildman–Crippen LogP) is 3.25. The minimum absolute atomic E-state index is 0. The number of carbonyl (C=O) groups excluding carboxylic acids is 2. The SMILES string of the molecule is CCOC1CC(N)(C(=O)Nc2ccc(C(=O)NC3CCCC3)cc2)C1(C)C.Cl. The van der Waals surface area contributed by atoms with Gasteiger partial charge in [0.05, 0.1) is 6.10 Å². The molecule has 0 heterocycles. The van der Waals surface area contributed by atoms with Crippen molar-refractivity contribution in [3.05, 3.63) is 29.8 Å². The average molecular weight is 410 g/mol. The van der Waals surface area contributed by atoms with E-state index in [1.165, 1.54) is 12.8 Å². The summed E-state index contributed by atoms with van der Waals surface area (Å²) < 4.78 is 5.68. The van der Waals surface area contributed by atoms with Crippen LogP contribution in [0.25, 0.3) is 0 Å². The van der Waals surface area contributed by atoms with Gasteiger partial charge in [-0.05, 0) is 44.0 Å². The summed E-state index contributed by atoms with van der Waals surface area (Å²) in [5, 5.41) is 5.96. The zero-order chi connectivity index (χ0) is 19.7. The van der Waals surface area contributed by atoms with Gasteiger partial charge in [0.1, 0.15) is 5.54 Å². The second-order valence-electron chi connectivity index (χ2n) is 8.33. The second-order valence-corrected chi connectivity index (χ2v) is 8.33. The van der Waals surface area contributed by atoms with Gasteiger partial charge in [-0.15, -0.1) is 12.4 Å². The third-order valence-electron chi connectivity index (χ3n) is 6.33. The molecule has 0 radical (unpaired) electrons. The first-order chi connectivity index (χ1) is 12.8. The third kappa shape index (κ3) is 4.19. The van der Waals surface area contributed by atoms with Crippen molar-refractivity contribution in [3.63, 3.8) is 0 Å². The highest BCUT2D eigenvalue weighted by atomic mass is 35.5. The summed E-state index contributed by atoms with van der Waals surface area (Å²) in [5.41, 5.74) is 6.24. The van der Waals surface area contributed by atoms with Gasteiger partial charge in [-0.2, -0.15) is 0 Å². The molecule has 2 unspecified atom stereocenters. The lowest BCUT2D eigenvalue weighted by Crippen LogP contribution is -2.74. The fraction of sp³-hybridized carbons (Fsp3) is 0.619. The number of amides is 2. The van der Waals surface area contributed by atoms with E-state index in [1.54, 1.807) is 24.3 Å². The number of hydrogen-bond donors (Lipinski definition) is 3. The highest BCUT2D eigenvalue weighted by Crippen LogP contribution is 2.50. The van der Waals surface area contributed by atoms with Crippen molar-refractivity contribution in [2.45, 2.75) is 70.6 Å². The van der Waals surface area contributed by atoms with Crippen LogP contribution in [-0.4, -0.2) is 36.1 Å². The molecule has 2 aliphatic carbocycles. The van der Waals surface area contributed by atoms with E-state index < -0.39 is 11.0 Å². The molecule has 2 aliphatic rings.